The van der Waals surface area contributed by atoms with Crippen molar-refractivity contribution in [2.45, 2.75) is 18.7 Å². The van der Waals surface area contributed by atoms with Gasteiger partial charge in [0.05, 0.1) is 0 Å². The molecular formula is C19H16ClN3O3S. The lowest BCUT2D eigenvalue weighted by atomic mass is 10.2. The molecule has 0 unspecified atom stereocenters. The number of nitrogens with one attached hydrogen (secondary N) is 1. The summed E-state index contributed by atoms with van der Waals surface area (Å²) in [5.74, 6) is 0.219. The summed E-state index contributed by atoms with van der Waals surface area (Å²) in [6.07, 6.45) is 1.56. The molecule has 0 saturated carbocycles. The number of nitrogens with zero attached hydrogens (tertiary/aromatic N) is 2. The van der Waals surface area contributed by atoms with Gasteiger partial charge in [0.15, 0.2) is 0 Å². The number of halogens is 1. The summed E-state index contributed by atoms with van der Waals surface area (Å²) in [5.41, 5.74) is 1.70. The number of ether oxygens (including phenoxy) is 1. The number of H-pyrrole nitrogens is 1. The number of benzene rings is 2. The predicted molar refractivity (Wildman–Crippen MR) is 105 cm³/mol. The standard InChI is InChI=1S/C19H16ClN3O3S/c1-12-21-19(23-22-12)27-17(18(24)25)10-14-3-2-4-16(9-14)26-11-13-5-7-15(20)8-6-13/h2-10H,11H2,1H3,(H,24,25)(H,21,22,23). The fourth-order valence-corrected chi connectivity index (χ4v) is 3.07. The highest BCUT2D eigenvalue weighted by atomic mass is 35.5. The van der Waals surface area contributed by atoms with Crippen LogP contribution >= 0.6 is 23.4 Å². The van der Waals surface area contributed by atoms with E-state index in [2.05, 4.69) is 15.2 Å². The largest absolute Gasteiger partial charge is 0.489 e. The zero-order chi connectivity index (χ0) is 19.2. The van der Waals surface area contributed by atoms with Gasteiger partial charge in [0, 0.05) is 5.02 Å². The van der Waals surface area contributed by atoms with Crippen molar-refractivity contribution in [3.8, 4) is 5.75 Å². The average molecular weight is 402 g/mol. The van der Waals surface area contributed by atoms with Gasteiger partial charge in [-0.1, -0.05) is 35.9 Å². The van der Waals surface area contributed by atoms with Crippen LogP contribution < -0.4 is 4.74 Å². The van der Waals surface area contributed by atoms with Crippen LogP contribution in [0.2, 0.25) is 5.02 Å². The summed E-state index contributed by atoms with van der Waals surface area (Å²) in [7, 11) is 0. The molecule has 0 aliphatic rings. The maximum atomic E-state index is 11.5. The van der Waals surface area contributed by atoms with Gasteiger partial charge >= 0.3 is 5.97 Å². The Labute approximate surface area is 165 Å². The van der Waals surface area contributed by atoms with Gasteiger partial charge in [-0.15, -0.1) is 5.10 Å². The second kappa shape index (κ2) is 8.75. The van der Waals surface area contributed by atoms with Gasteiger partial charge in [-0.2, -0.15) is 0 Å². The van der Waals surface area contributed by atoms with Crippen LogP contribution in [-0.4, -0.2) is 26.3 Å². The Morgan fingerprint density at radius 3 is 2.74 bits per heavy atom. The molecule has 0 aliphatic heterocycles. The zero-order valence-corrected chi connectivity index (χ0v) is 15.9. The topological polar surface area (TPSA) is 88.1 Å². The van der Waals surface area contributed by atoms with Crippen molar-refractivity contribution in [1.29, 1.82) is 0 Å². The van der Waals surface area contributed by atoms with Gasteiger partial charge in [-0.25, -0.2) is 9.78 Å². The Hall–Kier alpha value is -2.77. The second-order valence-corrected chi connectivity index (χ2v) is 7.05. The van der Waals surface area contributed by atoms with E-state index >= 15 is 0 Å². The summed E-state index contributed by atoms with van der Waals surface area (Å²) >= 11 is 6.86. The molecule has 27 heavy (non-hydrogen) atoms. The van der Waals surface area contributed by atoms with Gasteiger partial charge < -0.3 is 9.84 Å². The molecule has 1 aromatic heterocycles. The first-order valence-corrected chi connectivity index (χ1v) is 9.18. The van der Waals surface area contributed by atoms with Crippen molar-refractivity contribution >= 4 is 35.4 Å². The lowest BCUT2D eigenvalue weighted by Gasteiger charge is -2.07. The number of hydrogen-bond acceptors (Lipinski definition) is 5. The second-order valence-electron chi connectivity index (χ2n) is 5.61. The fraction of sp³-hybridized carbons (Fsp3) is 0.105. The summed E-state index contributed by atoms with van der Waals surface area (Å²) in [6, 6.07) is 14.6. The van der Waals surface area contributed by atoms with Crippen LogP contribution in [-0.2, 0) is 11.4 Å². The van der Waals surface area contributed by atoms with Gasteiger partial charge in [0.2, 0.25) is 5.16 Å². The third-order valence-electron chi connectivity index (χ3n) is 3.46. The number of aromatic amines is 1. The molecule has 0 radical (unpaired) electrons. The summed E-state index contributed by atoms with van der Waals surface area (Å²) in [6.45, 7) is 2.14. The highest BCUT2D eigenvalue weighted by Crippen LogP contribution is 2.27. The number of carboxylic acid groups (broad SMARTS) is 1. The Kier molecular flexibility index (Phi) is 6.16. The number of thioether (sulfide) groups is 1. The van der Waals surface area contributed by atoms with E-state index in [4.69, 9.17) is 16.3 Å². The number of hydrogen-bond donors (Lipinski definition) is 2. The highest BCUT2D eigenvalue weighted by molar-refractivity contribution is 8.04. The minimum atomic E-state index is -1.05. The number of aliphatic carboxylic acids is 1. The van der Waals surface area contributed by atoms with Crippen LogP contribution in [0.4, 0.5) is 0 Å². The van der Waals surface area contributed by atoms with E-state index in [0.717, 1.165) is 17.3 Å². The van der Waals surface area contributed by atoms with E-state index in [9.17, 15) is 9.90 Å². The highest BCUT2D eigenvalue weighted by Gasteiger charge is 2.13. The number of carboxylic acids is 1. The predicted octanol–water partition coefficient (Wildman–Crippen LogP) is 4.56. The Morgan fingerprint density at radius 2 is 2.07 bits per heavy atom. The minimum Gasteiger partial charge on any atom is -0.489 e. The lowest BCUT2D eigenvalue weighted by Crippen LogP contribution is -1.98. The fourth-order valence-electron chi connectivity index (χ4n) is 2.19. The minimum absolute atomic E-state index is 0.115. The normalized spacial score (nSPS) is 11.4. The zero-order valence-electron chi connectivity index (χ0n) is 14.3. The van der Waals surface area contributed by atoms with E-state index in [0.29, 0.717) is 33.9 Å². The monoisotopic (exact) mass is 401 g/mol. The van der Waals surface area contributed by atoms with Crippen LogP contribution in [0.3, 0.4) is 0 Å². The molecule has 0 bridgehead atoms. The smallest absolute Gasteiger partial charge is 0.342 e. The van der Waals surface area contributed by atoms with Crippen molar-refractivity contribution in [1.82, 2.24) is 15.2 Å². The van der Waals surface area contributed by atoms with E-state index in [-0.39, 0.29) is 4.91 Å². The molecular weight excluding hydrogens is 386 g/mol. The third kappa shape index (κ3) is 5.60. The number of aryl methyl sites for hydroxylation is 1. The molecule has 138 valence electrons. The molecule has 0 amide bonds. The molecule has 0 aliphatic carbocycles. The van der Waals surface area contributed by atoms with E-state index < -0.39 is 5.97 Å². The number of rotatable bonds is 7. The molecule has 0 saturated heterocycles. The molecule has 3 rings (SSSR count). The van der Waals surface area contributed by atoms with Crippen molar-refractivity contribution in [2.24, 2.45) is 0 Å². The molecule has 2 aromatic carbocycles. The molecule has 2 N–H and O–H groups in total. The van der Waals surface area contributed by atoms with Crippen LogP contribution in [0, 0.1) is 6.92 Å². The first-order chi connectivity index (χ1) is 13.0. The molecule has 0 spiro atoms. The average Bonchev–Trinajstić information content (AvgIpc) is 3.06. The first kappa shape index (κ1) is 19.0. The van der Waals surface area contributed by atoms with Gasteiger partial charge in [0.25, 0.3) is 0 Å². The molecule has 3 aromatic rings. The summed E-state index contributed by atoms with van der Waals surface area (Å²) in [5, 5.41) is 17.1. The van der Waals surface area contributed by atoms with Gasteiger partial charge in [-0.05, 0) is 60.2 Å². The van der Waals surface area contributed by atoms with Crippen LogP contribution in [0.15, 0.2) is 58.6 Å². The van der Waals surface area contributed by atoms with Crippen molar-refractivity contribution in [3.05, 3.63) is 75.4 Å². The number of carbonyl (C=O) groups is 1. The Morgan fingerprint density at radius 1 is 1.30 bits per heavy atom. The van der Waals surface area contributed by atoms with Crippen molar-refractivity contribution < 1.29 is 14.6 Å². The Bertz CT molecular complexity index is 970. The summed E-state index contributed by atoms with van der Waals surface area (Å²) < 4.78 is 5.78. The molecule has 8 heteroatoms. The molecule has 0 fully saturated rings. The lowest BCUT2D eigenvalue weighted by molar-refractivity contribution is -0.131. The number of aromatic nitrogens is 3. The SMILES string of the molecule is Cc1nc(SC(=Cc2cccc(OCc3ccc(Cl)cc3)c2)C(=O)O)n[nH]1. The van der Waals surface area contributed by atoms with E-state index in [1.165, 1.54) is 0 Å². The van der Waals surface area contributed by atoms with Crippen molar-refractivity contribution in [2.75, 3.05) is 0 Å². The third-order valence-corrected chi connectivity index (χ3v) is 4.59. The van der Waals surface area contributed by atoms with Crippen LogP contribution in [0.25, 0.3) is 6.08 Å². The van der Waals surface area contributed by atoms with Crippen LogP contribution in [0.1, 0.15) is 17.0 Å². The quantitative estimate of drug-likeness (QED) is 0.445. The van der Waals surface area contributed by atoms with Crippen molar-refractivity contribution in [3.63, 3.8) is 0 Å². The van der Waals surface area contributed by atoms with Gasteiger partial charge in [-0.3, -0.25) is 5.10 Å². The molecule has 1 heterocycles. The molecule has 6 nitrogen and oxygen atoms in total. The maximum absolute atomic E-state index is 11.5. The van der Waals surface area contributed by atoms with Crippen LogP contribution in [0.5, 0.6) is 5.75 Å². The molecule has 0 atom stereocenters. The first-order valence-electron chi connectivity index (χ1n) is 7.99. The summed E-state index contributed by atoms with van der Waals surface area (Å²) in [4.78, 5) is 15.8. The Balaban J connectivity index is 1.73. The van der Waals surface area contributed by atoms with E-state index in [1.54, 1.807) is 31.2 Å². The maximum Gasteiger partial charge on any atom is 0.342 e. The van der Waals surface area contributed by atoms with E-state index in [1.807, 2.05) is 30.3 Å². The van der Waals surface area contributed by atoms with Gasteiger partial charge in [0.1, 0.15) is 23.1 Å².